The molecule has 1 aliphatic heterocycles. The predicted molar refractivity (Wildman–Crippen MR) is 103 cm³/mol. The van der Waals surface area contributed by atoms with Crippen LogP contribution in [0.25, 0.3) is 0 Å². The van der Waals surface area contributed by atoms with Gasteiger partial charge in [0.05, 0.1) is 25.4 Å². The molecule has 1 aromatic rings. The molecule has 150 valence electrons. The van der Waals surface area contributed by atoms with E-state index >= 15 is 0 Å². The summed E-state index contributed by atoms with van der Waals surface area (Å²) in [6, 6.07) is 2.01. The first-order valence-electron chi connectivity index (χ1n) is 8.75. The first kappa shape index (κ1) is 21.2. The molecule has 0 saturated carbocycles. The minimum absolute atomic E-state index is 0.0607. The maximum atomic E-state index is 12.7. The van der Waals surface area contributed by atoms with Gasteiger partial charge in [-0.1, -0.05) is 0 Å². The number of nitrogens with zero attached hydrogens (tertiary/aromatic N) is 6. The van der Waals surface area contributed by atoms with E-state index in [4.69, 9.17) is 20.8 Å². The van der Waals surface area contributed by atoms with E-state index in [0.29, 0.717) is 44.4 Å². The Morgan fingerprint density at radius 3 is 2.56 bits per heavy atom. The summed E-state index contributed by atoms with van der Waals surface area (Å²) in [6.07, 6.45) is -0.307. The van der Waals surface area contributed by atoms with Crippen molar-refractivity contribution in [3.8, 4) is 6.07 Å². The van der Waals surface area contributed by atoms with Crippen LogP contribution in [0, 0.1) is 11.3 Å². The van der Waals surface area contributed by atoms with Gasteiger partial charge in [0.1, 0.15) is 5.69 Å². The Bertz CT molecular complexity index is 816. The lowest BCUT2D eigenvalue weighted by Crippen LogP contribution is -2.39. The van der Waals surface area contributed by atoms with Crippen LogP contribution in [0.4, 0.5) is 17.5 Å². The fourth-order valence-corrected chi connectivity index (χ4v) is 3.58. The smallest absolute Gasteiger partial charge is 0.326 e. The zero-order valence-corrected chi connectivity index (χ0v) is 16.5. The minimum Gasteiger partial charge on any atom is -0.369 e. The van der Waals surface area contributed by atoms with Gasteiger partial charge in [-0.3, -0.25) is 18.8 Å². The second-order valence-electron chi connectivity index (χ2n) is 6.28. The van der Waals surface area contributed by atoms with Crippen molar-refractivity contribution in [2.75, 3.05) is 61.1 Å². The Kier molecular flexibility index (Phi) is 6.84. The molecular weight excluding hydrogens is 373 g/mol. The highest BCUT2D eigenvalue weighted by atomic mass is 31.2. The minimum atomic E-state index is -4.13. The normalized spacial score (nSPS) is 13.9. The third kappa shape index (κ3) is 4.99. The number of aromatic nitrogens is 2. The van der Waals surface area contributed by atoms with E-state index in [9.17, 15) is 9.36 Å². The van der Waals surface area contributed by atoms with Crippen LogP contribution >= 0.6 is 7.60 Å². The van der Waals surface area contributed by atoms with E-state index in [-0.39, 0.29) is 30.8 Å². The number of hydrogen-bond donors (Lipinski definition) is 3. The molecule has 0 fully saturated rings. The van der Waals surface area contributed by atoms with Gasteiger partial charge >= 0.3 is 7.60 Å². The summed E-state index contributed by atoms with van der Waals surface area (Å²) in [5.41, 5.74) is 6.25. The Balaban J connectivity index is 2.18. The maximum Gasteiger partial charge on any atom is 0.326 e. The van der Waals surface area contributed by atoms with Crippen molar-refractivity contribution in [2.24, 2.45) is 0 Å². The third-order valence-corrected chi connectivity index (χ3v) is 5.28. The van der Waals surface area contributed by atoms with Crippen LogP contribution in [0.1, 0.15) is 13.8 Å². The molecule has 27 heavy (non-hydrogen) atoms. The molecule has 1 aliphatic rings. The van der Waals surface area contributed by atoms with Gasteiger partial charge in [0.15, 0.2) is 5.82 Å². The number of nitriles is 1. The van der Waals surface area contributed by atoms with E-state index in [1.54, 1.807) is 4.90 Å². The van der Waals surface area contributed by atoms with Crippen molar-refractivity contribution in [1.82, 2.24) is 14.5 Å². The standard InChI is InChI=1S/C15H26N7O4P/c1-3-20-11-21(8-7-19(6-5-16)9-10-27(24,25)26)13-12(20)14(23)22(4-2)15(17)18-13/h3-4,6-11H2,1-2H3,(H2,17,18)(H2,24,25,26). The molecule has 2 rings (SSSR count). The Labute approximate surface area is 157 Å². The topological polar surface area (TPSA) is 152 Å². The molecule has 0 unspecified atom stereocenters. The highest BCUT2D eigenvalue weighted by molar-refractivity contribution is 7.51. The second-order valence-corrected chi connectivity index (χ2v) is 8.05. The van der Waals surface area contributed by atoms with E-state index in [2.05, 4.69) is 4.98 Å². The van der Waals surface area contributed by atoms with Crippen molar-refractivity contribution in [3.63, 3.8) is 0 Å². The molecule has 0 aliphatic carbocycles. The fourth-order valence-electron chi connectivity index (χ4n) is 3.03. The zero-order valence-electron chi connectivity index (χ0n) is 15.6. The van der Waals surface area contributed by atoms with Crippen LogP contribution in [-0.2, 0) is 11.1 Å². The molecule has 1 aromatic heterocycles. The summed E-state index contributed by atoms with van der Waals surface area (Å²) in [7, 11) is -4.13. The molecular formula is C15H26N7O4P. The Morgan fingerprint density at radius 1 is 1.30 bits per heavy atom. The molecule has 0 amide bonds. The number of fused-ring (bicyclic) bond motifs is 1. The molecule has 12 heteroatoms. The van der Waals surface area contributed by atoms with Gasteiger partial charge in [-0.25, -0.2) is 0 Å². The molecule has 4 N–H and O–H groups in total. The van der Waals surface area contributed by atoms with Gasteiger partial charge in [-0.15, -0.1) is 0 Å². The maximum absolute atomic E-state index is 12.7. The largest absolute Gasteiger partial charge is 0.369 e. The lowest BCUT2D eigenvalue weighted by Gasteiger charge is -2.24. The number of rotatable bonds is 9. The fraction of sp³-hybridized carbons (Fsp3) is 0.667. The highest BCUT2D eigenvalue weighted by Crippen LogP contribution is 2.34. The van der Waals surface area contributed by atoms with Gasteiger partial charge in [0.2, 0.25) is 5.95 Å². The SMILES string of the molecule is CCN1CN(CCN(CC#N)CCP(=O)(O)O)c2nc(N)n(CC)c(=O)c21. The average molecular weight is 399 g/mol. The van der Waals surface area contributed by atoms with E-state index in [1.807, 2.05) is 29.7 Å². The van der Waals surface area contributed by atoms with Crippen LogP contribution in [-0.4, -0.2) is 69.8 Å². The average Bonchev–Trinajstić information content (AvgIpc) is 2.95. The number of nitrogens with two attached hydrogens (primary N) is 1. The lowest BCUT2D eigenvalue weighted by atomic mass is 10.4. The van der Waals surface area contributed by atoms with Crippen LogP contribution in [0.15, 0.2) is 4.79 Å². The number of nitrogen functional groups attached to an aromatic ring is 1. The van der Waals surface area contributed by atoms with Crippen LogP contribution in [0.5, 0.6) is 0 Å². The van der Waals surface area contributed by atoms with Crippen LogP contribution in [0.3, 0.4) is 0 Å². The number of anilines is 3. The van der Waals surface area contributed by atoms with Gasteiger partial charge < -0.3 is 25.3 Å². The first-order chi connectivity index (χ1) is 12.7. The van der Waals surface area contributed by atoms with Crippen molar-refractivity contribution in [1.29, 1.82) is 5.26 Å². The van der Waals surface area contributed by atoms with Crippen molar-refractivity contribution in [3.05, 3.63) is 10.4 Å². The summed E-state index contributed by atoms with van der Waals surface area (Å²) >= 11 is 0. The Hall–Kier alpha value is -2.12. The molecule has 0 spiro atoms. The first-order valence-corrected chi connectivity index (χ1v) is 10.6. The summed E-state index contributed by atoms with van der Waals surface area (Å²) in [5, 5.41) is 8.95. The van der Waals surface area contributed by atoms with Gasteiger partial charge in [0, 0.05) is 32.7 Å². The molecule has 0 atom stereocenters. The van der Waals surface area contributed by atoms with Gasteiger partial charge in [0.25, 0.3) is 5.56 Å². The summed E-state index contributed by atoms with van der Waals surface area (Å²) in [4.78, 5) is 40.7. The second kappa shape index (κ2) is 8.71. The number of hydrogen-bond acceptors (Lipinski definition) is 8. The Morgan fingerprint density at radius 2 is 2.00 bits per heavy atom. The summed E-state index contributed by atoms with van der Waals surface area (Å²) in [5.74, 6) is 0.663. The predicted octanol–water partition coefficient (Wildman–Crippen LogP) is -0.548. The third-order valence-electron chi connectivity index (χ3n) is 4.50. The molecule has 11 nitrogen and oxygen atoms in total. The highest BCUT2D eigenvalue weighted by Gasteiger charge is 2.31. The summed E-state index contributed by atoms with van der Waals surface area (Å²) < 4.78 is 12.5. The van der Waals surface area contributed by atoms with Crippen molar-refractivity contribution >= 4 is 25.0 Å². The van der Waals surface area contributed by atoms with Crippen molar-refractivity contribution < 1.29 is 14.4 Å². The molecule has 0 aromatic carbocycles. The lowest BCUT2D eigenvalue weighted by molar-refractivity contribution is 0.311. The molecule has 0 saturated heterocycles. The van der Waals surface area contributed by atoms with Crippen molar-refractivity contribution in [2.45, 2.75) is 20.4 Å². The quantitative estimate of drug-likeness (QED) is 0.364. The van der Waals surface area contributed by atoms with E-state index < -0.39 is 7.60 Å². The van der Waals surface area contributed by atoms with Crippen LogP contribution in [0.2, 0.25) is 0 Å². The molecule has 2 heterocycles. The monoisotopic (exact) mass is 399 g/mol. The van der Waals surface area contributed by atoms with Gasteiger partial charge in [-0.05, 0) is 13.8 Å². The van der Waals surface area contributed by atoms with E-state index in [0.717, 1.165) is 0 Å². The van der Waals surface area contributed by atoms with Gasteiger partial charge in [-0.2, -0.15) is 10.2 Å². The van der Waals surface area contributed by atoms with Crippen LogP contribution < -0.4 is 21.1 Å². The van der Waals surface area contributed by atoms with E-state index in [1.165, 1.54) is 4.57 Å². The zero-order chi connectivity index (χ0) is 20.2. The molecule has 0 radical (unpaired) electrons. The summed E-state index contributed by atoms with van der Waals surface area (Å²) in [6.45, 7) is 6.34. The molecule has 0 bridgehead atoms.